The molecule has 0 saturated carbocycles. The topological polar surface area (TPSA) is 0 Å². The highest BCUT2D eigenvalue weighted by Crippen LogP contribution is 2.48. The van der Waals surface area contributed by atoms with Crippen LogP contribution in [-0.2, 0) is 0 Å². The first-order valence-electron chi connectivity index (χ1n) is 18.5. The van der Waals surface area contributed by atoms with Crippen LogP contribution in [0.4, 0.5) is 0 Å². The normalized spacial score (nSPS) is 12.1. The Hall–Kier alpha value is -6.32. The van der Waals surface area contributed by atoms with Gasteiger partial charge in [0.25, 0.3) is 0 Å². The predicted molar refractivity (Wildman–Crippen MR) is 239 cm³/mol. The highest BCUT2D eigenvalue weighted by molar-refractivity contribution is 7.28. The van der Waals surface area contributed by atoms with Gasteiger partial charge in [0.2, 0.25) is 0 Å². The van der Waals surface area contributed by atoms with Gasteiger partial charge >= 0.3 is 0 Å². The Labute approximate surface area is 319 Å². The quantitative estimate of drug-likeness (QED) is 0.160. The lowest BCUT2D eigenvalue weighted by atomic mass is 9.84. The molecule has 10 aromatic carbocycles. The monoisotopic (exact) mass is 718 g/mol. The summed E-state index contributed by atoms with van der Waals surface area (Å²) in [5, 5.41) is 15.7. The van der Waals surface area contributed by atoms with E-state index in [4.69, 9.17) is 0 Å². The van der Waals surface area contributed by atoms with Crippen LogP contribution < -0.4 is 0 Å². The standard InChI is InChI=1S/C52H30S2/c1-2-14-34-31(12-1)13-11-22-37(34)51-40-19-6-4-17-38(40)50(39-18-5-7-20-41(39)51)33-26-24-32(25-27-33)43-28-46-45-30-48-44(36-16-9-10-23-47(36)53-48)29-49(45)54-52(46)42-21-8-3-15-35(42)43/h1-30H. The fourth-order valence-corrected chi connectivity index (χ4v) is 11.4. The summed E-state index contributed by atoms with van der Waals surface area (Å²) in [6, 6.07) is 67.8. The van der Waals surface area contributed by atoms with E-state index >= 15 is 0 Å². The highest BCUT2D eigenvalue weighted by atomic mass is 32.1. The van der Waals surface area contributed by atoms with Gasteiger partial charge in [0, 0.05) is 45.7 Å². The first-order valence-corrected chi connectivity index (χ1v) is 20.1. The lowest BCUT2D eigenvalue weighted by Gasteiger charge is -2.19. The molecule has 0 aliphatic carbocycles. The zero-order chi connectivity index (χ0) is 35.3. The summed E-state index contributed by atoms with van der Waals surface area (Å²) >= 11 is 3.83. The van der Waals surface area contributed by atoms with Crippen LogP contribution in [0.25, 0.3) is 117 Å². The summed E-state index contributed by atoms with van der Waals surface area (Å²) in [6.07, 6.45) is 0. The lowest BCUT2D eigenvalue weighted by molar-refractivity contribution is 1.65. The molecular formula is C52H30S2. The van der Waals surface area contributed by atoms with Crippen molar-refractivity contribution < 1.29 is 0 Å². The van der Waals surface area contributed by atoms with Crippen LogP contribution in [0.3, 0.4) is 0 Å². The largest absolute Gasteiger partial charge is 0.135 e. The van der Waals surface area contributed by atoms with Crippen molar-refractivity contribution in [2.45, 2.75) is 0 Å². The van der Waals surface area contributed by atoms with E-state index in [9.17, 15) is 0 Å². The van der Waals surface area contributed by atoms with Crippen molar-refractivity contribution in [3.8, 4) is 33.4 Å². The Morgan fingerprint density at radius 1 is 0.259 bits per heavy atom. The van der Waals surface area contributed by atoms with Gasteiger partial charge in [-0.1, -0.05) is 158 Å². The van der Waals surface area contributed by atoms with E-state index in [1.807, 2.05) is 22.7 Å². The fraction of sp³-hybridized carbons (Fsp3) is 0. The number of fused-ring (bicyclic) bond motifs is 11. The summed E-state index contributed by atoms with van der Waals surface area (Å²) in [5.41, 5.74) is 7.61. The van der Waals surface area contributed by atoms with Crippen LogP contribution in [0.1, 0.15) is 0 Å². The summed E-state index contributed by atoms with van der Waals surface area (Å²) in [4.78, 5) is 0. The van der Waals surface area contributed by atoms with Crippen molar-refractivity contribution in [1.29, 1.82) is 0 Å². The predicted octanol–water partition coefficient (Wildman–Crippen LogP) is 16.0. The lowest BCUT2D eigenvalue weighted by Crippen LogP contribution is -1.91. The van der Waals surface area contributed by atoms with Gasteiger partial charge in [-0.25, -0.2) is 0 Å². The van der Waals surface area contributed by atoms with Crippen LogP contribution >= 0.6 is 22.7 Å². The molecule has 0 spiro atoms. The summed E-state index contributed by atoms with van der Waals surface area (Å²) < 4.78 is 5.43. The number of benzene rings is 10. The second kappa shape index (κ2) is 11.6. The summed E-state index contributed by atoms with van der Waals surface area (Å²) in [5.74, 6) is 0. The van der Waals surface area contributed by atoms with Gasteiger partial charge in [0.1, 0.15) is 0 Å². The molecule has 0 N–H and O–H groups in total. The van der Waals surface area contributed by atoms with E-state index in [0.717, 1.165) is 0 Å². The Kier molecular flexibility index (Phi) is 6.48. The fourth-order valence-electron chi connectivity index (χ4n) is 9.04. The van der Waals surface area contributed by atoms with E-state index in [-0.39, 0.29) is 0 Å². The first kappa shape index (κ1) is 30.2. The molecule has 250 valence electrons. The number of rotatable bonds is 3. The average Bonchev–Trinajstić information content (AvgIpc) is 3.79. The molecule has 12 aromatic rings. The van der Waals surface area contributed by atoms with E-state index < -0.39 is 0 Å². The van der Waals surface area contributed by atoms with Crippen LogP contribution in [-0.4, -0.2) is 0 Å². The summed E-state index contributed by atoms with van der Waals surface area (Å²) in [6.45, 7) is 0. The van der Waals surface area contributed by atoms with Crippen LogP contribution in [0.5, 0.6) is 0 Å². The maximum atomic E-state index is 2.45. The minimum Gasteiger partial charge on any atom is -0.135 e. The van der Waals surface area contributed by atoms with Crippen molar-refractivity contribution in [3.05, 3.63) is 182 Å². The van der Waals surface area contributed by atoms with Gasteiger partial charge in [-0.05, 0) is 95.3 Å². The van der Waals surface area contributed by atoms with Gasteiger partial charge in [-0.3, -0.25) is 0 Å². The van der Waals surface area contributed by atoms with Gasteiger partial charge < -0.3 is 0 Å². The highest BCUT2D eigenvalue weighted by Gasteiger charge is 2.19. The Morgan fingerprint density at radius 3 is 1.50 bits per heavy atom. The summed E-state index contributed by atoms with van der Waals surface area (Å²) in [7, 11) is 0. The third-order valence-electron chi connectivity index (χ3n) is 11.5. The van der Waals surface area contributed by atoms with Crippen molar-refractivity contribution >= 4 is 106 Å². The molecule has 0 nitrogen and oxygen atoms in total. The molecular weight excluding hydrogens is 689 g/mol. The Balaban J connectivity index is 1.06. The van der Waals surface area contributed by atoms with Crippen molar-refractivity contribution in [3.63, 3.8) is 0 Å². The number of hydrogen-bond acceptors (Lipinski definition) is 2. The van der Waals surface area contributed by atoms with Gasteiger partial charge in [0.05, 0.1) is 0 Å². The van der Waals surface area contributed by atoms with E-state index in [1.54, 1.807) is 0 Å². The van der Waals surface area contributed by atoms with E-state index in [1.165, 1.54) is 117 Å². The maximum absolute atomic E-state index is 2.45. The third kappa shape index (κ3) is 4.36. The molecule has 0 amide bonds. The second-order valence-corrected chi connectivity index (χ2v) is 16.5. The van der Waals surface area contributed by atoms with Crippen molar-refractivity contribution in [2.75, 3.05) is 0 Å². The molecule has 0 fully saturated rings. The molecule has 0 saturated heterocycles. The molecule has 2 heteroatoms. The van der Waals surface area contributed by atoms with Gasteiger partial charge in [-0.15, -0.1) is 22.7 Å². The molecule has 0 aliphatic heterocycles. The van der Waals surface area contributed by atoms with Crippen molar-refractivity contribution in [1.82, 2.24) is 0 Å². The molecule has 54 heavy (non-hydrogen) atoms. The minimum absolute atomic E-state index is 1.23. The van der Waals surface area contributed by atoms with Crippen LogP contribution in [0, 0.1) is 0 Å². The second-order valence-electron chi connectivity index (χ2n) is 14.3. The molecule has 0 radical (unpaired) electrons. The smallest absolute Gasteiger partial charge is 0.0434 e. The maximum Gasteiger partial charge on any atom is 0.0434 e. The van der Waals surface area contributed by atoms with Crippen LogP contribution in [0.15, 0.2) is 182 Å². The van der Waals surface area contributed by atoms with Crippen molar-refractivity contribution in [2.24, 2.45) is 0 Å². The molecule has 0 bridgehead atoms. The number of thiophene rings is 2. The van der Waals surface area contributed by atoms with Crippen LogP contribution in [0.2, 0.25) is 0 Å². The molecule has 2 aromatic heterocycles. The Bertz CT molecular complexity index is 3430. The zero-order valence-corrected chi connectivity index (χ0v) is 30.8. The number of hydrogen-bond donors (Lipinski definition) is 0. The first-order chi connectivity index (χ1) is 26.8. The zero-order valence-electron chi connectivity index (χ0n) is 29.1. The van der Waals surface area contributed by atoms with Gasteiger partial charge in [-0.2, -0.15) is 0 Å². The van der Waals surface area contributed by atoms with E-state index in [0.29, 0.717) is 0 Å². The molecule has 0 unspecified atom stereocenters. The molecule has 0 aliphatic rings. The minimum atomic E-state index is 1.23. The van der Waals surface area contributed by atoms with E-state index in [2.05, 4.69) is 182 Å². The molecule has 0 atom stereocenters. The SMILES string of the molecule is c1ccc2c(-c3c4ccccc4c(-c4ccc(-c5cc6c7cc8sc9ccccc9c8cc7sc6c6ccccc56)cc4)c4ccccc34)cccc2c1. The molecule has 2 heterocycles. The average molecular weight is 719 g/mol. The third-order valence-corrected chi connectivity index (χ3v) is 13.8. The Morgan fingerprint density at radius 2 is 0.778 bits per heavy atom. The van der Waals surface area contributed by atoms with Gasteiger partial charge in [0.15, 0.2) is 0 Å². The molecule has 12 rings (SSSR count).